The van der Waals surface area contributed by atoms with Gasteiger partial charge in [0, 0.05) is 15.7 Å². The molecule has 0 spiro atoms. The number of amides is 2. The molecule has 0 saturated carbocycles. The summed E-state index contributed by atoms with van der Waals surface area (Å²) >= 11 is 13.3. The largest absolute Gasteiger partial charge is 0.435 e. The Morgan fingerprint density at radius 3 is 2.46 bits per heavy atom. The number of nitrogens with one attached hydrogen (secondary N) is 1. The number of halogens is 4. The highest BCUT2D eigenvalue weighted by Gasteiger charge is 2.32. The van der Waals surface area contributed by atoms with E-state index in [1.165, 1.54) is 35.2 Å². The van der Waals surface area contributed by atoms with E-state index in [-0.39, 0.29) is 28.3 Å². The van der Waals surface area contributed by atoms with Crippen LogP contribution in [0.2, 0.25) is 10.0 Å². The number of rotatable bonds is 7. The molecule has 0 saturated heterocycles. The zero-order valence-corrected chi connectivity index (χ0v) is 21.6. The minimum absolute atomic E-state index is 0.0297. The number of hydrogen-bond acceptors (Lipinski definition) is 5. The molecule has 11 heteroatoms. The van der Waals surface area contributed by atoms with Crippen molar-refractivity contribution in [2.75, 3.05) is 16.0 Å². The van der Waals surface area contributed by atoms with Crippen LogP contribution in [0.4, 0.5) is 20.2 Å². The summed E-state index contributed by atoms with van der Waals surface area (Å²) in [4.78, 5) is 31.6. The Morgan fingerprint density at radius 2 is 1.81 bits per heavy atom. The number of thioether (sulfide) groups is 1. The maximum absolute atomic E-state index is 13.3. The Morgan fingerprint density at radius 1 is 1.11 bits per heavy atom. The molecule has 4 rings (SSSR count). The molecule has 37 heavy (non-hydrogen) atoms. The van der Waals surface area contributed by atoms with Gasteiger partial charge >= 0.3 is 6.61 Å². The highest BCUT2D eigenvalue weighted by atomic mass is 35.5. The molecule has 0 fully saturated rings. The van der Waals surface area contributed by atoms with E-state index in [1.54, 1.807) is 30.3 Å². The molecule has 1 N–H and O–H groups in total. The van der Waals surface area contributed by atoms with Gasteiger partial charge in [0.25, 0.3) is 5.91 Å². The summed E-state index contributed by atoms with van der Waals surface area (Å²) < 4.78 is 29.5. The minimum Gasteiger partial charge on any atom is -0.435 e. The van der Waals surface area contributed by atoms with Crippen LogP contribution in [0.25, 0.3) is 6.08 Å². The van der Waals surface area contributed by atoms with Gasteiger partial charge in [0.05, 0.1) is 11.4 Å². The van der Waals surface area contributed by atoms with Crippen LogP contribution >= 0.6 is 35.0 Å². The van der Waals surface area contributed by atoms with Gasteiger partial charge in [0.2, 0.25) is 5.91 Å². The van der Waals surface area contributed by atoms with E-state index >= 15 is 0 Å². The first kappa shape index (κ1) is 26.7. The van der Waals surface area contributed by atoms with Gasteiger partial charge in [-0.25, -0.2) is 4.99 Å². The number of anilines is 2. The average Bonchev–Trinajstić information content (AvgIpc) is 3.16. The Bertz CT molecular complexity index is 1380. The monoisotopic (exact) mass is 561 g/mol. The zero-order valence-electron chi connectivity index (χ0n) is 19.3. The number of ether oxygens (including phenoxy) is 1. The number of carbonyl (C=O) groups is 2. The second-order valence-corrected chi connectivity index (χ2v) is 9.59. The summed E-state index contributed by atoms with van der Waals surface area (Å²) in [7, 11) is 0. The van der Waals surface area contributed by atoms with Crippen molar-refractivity contribution in [1.82, 2.24) is 0 Å². The van der Waals surface area contributed by atoms with Crippen LogP contribution in [0.15, 0.2) is 77.4 Å². The van der Waals surface area contributed by atoms with Crippen molar-refractivity contribution in [3.8, 4) is 5.75 Å². The van der Waals surface area contributed by atoms with Crippen molar-refractivity contribution in [1.29, 1.82) is 0 Å². The predicted molar refractivity (Wildman–Crippen MR) is 145 cm³/mol. The van der Waals surface area contributed by atoms with Crippen LogP contribution in [-0.2, 0) is 9.59 Å². The quantitative estimate of drug-likeness (QED) is 0.314. The van der Waals surface area contributed by atoms with E-state index in [0.29, 0.717) is 27.0 Å². The second kappa shape index (κ2) is 11.8. The summed E-state index contributed by atoms with van der Waals surface area (Å²) in [5.74, 6) is -0.853. The first-order valence-corrected chi connectivity index (χ1v) is 12.6. The number of aryl methyl sites for hydroxylation is 1. The lowest BCUT2D eigenvalue weighted by molar-refractivity contribution is -0.114. The third kappa shape index (κ3) is 6.88. The molecule has 0 unspecified atom stereocenters. The molecule has 2 amide bonds. The van der Waals surface area contributed by atoms with Crippen LogP contribution in [0.1, 0.15) is 11.1 Å². The van der Waals surface area contributed by atoms with Crippen molar-refractivity contribution in [2.45, 2.75) is 13.5 Å². The van der Waals surface area contributed by atoms with E-state index in [9.17, 15) is 18.4 Å². The molecule has 3 aromatic carbocycles. The molecular weight excluding hydrogens is 543 g/mol. The van der Waals surface area contributed by atoms with Crippen molar-refractivity contribution in [3.05, 3.63) is 93.6 Å². The van der Waals surface area contributed by atoms with Gasteiger partial charge in [-0.15, -0.1) is 0 Å². The predicted octanol–water partition coefficient (Wildman–Crippen LogP) is 7.02. The van der Waals surface area contributed by atoms with Crippen LogP contribution in [-0.4, -0.2) is 29.3 Å². The molecule has 0 atom stereocenters. The van der Waals surface area contributed by atoms with Crippen molar-refractivity contribution >= 4 is 69.4 Å². The second-order valence-electron chi connectivity index (χ2n) is 7.81. The highest BCUT2D eigenvalue weighted by molar-refractivity contribution is 8.14. The minimum atomic E-state index is -2.97. The fourth-order valence-electron chi connectivity index (χ4n) is 3.33. The lowest BCUT2D eigenvalue weighted by Crippen LogP contribution is -2.31. The number of alkyl halides is 2. The van der Waals surface area contributed by atoms with Crippen LogP contribution < -0.4 is 15.0 Å². The van der Waals surface area contributed by atoms with E-state index < -0.39 is 12.5 Å². The van der Waals surface area contributed by atoms with Gasteiger partial charge in [-0.05, 0) is 67.1 Å². The van der Waals surface area contributed by atoms with Gasteiger partial charge < -0.3 is 10.1 Å². The zero-order chi connectivity index (χ0) is 26.5. The molecule has 1 heterocycles. The standard InChI is InChI=1S/C26H19Cl2F2N3O3S/c1-15-2-6-18(7-3-15)31-23(34)14-37-26-32-22(12-16-4-5-17(27)13-21(16)28)24(35)33(26)19-8-10-20(11-9-19)36-25(29)30/h2-13,25H,14H2,1H3,(H,31,34). The number of hydrogen-bond donors (Lipinski definition) is 1. The fraction of sp³-hybridized carbons (Fsp3) is 0.115. The summed E-state index contributed by atoms with van der Waals surface area (Å²) in [5, 5.41) is 3.81. The number of amidine groups is 1. The molecule has 190 valence electrons. The molecule has 0 aromatic heterocycles. The van der Waals surface area contributed by atoms with E-state index in [1.807, 2.05) is 19.1 Å². The number of benzene rings is 3. The van der Waals surface area contributed by atoms with E-state index in [0.717, 1.165) is 17.3 Å². The van der Waals surface area contributed by atoms with Gasteiger partial charge in [0.15, 0.2) is 5.17 Å². The summed E-state index contributed by atoms with van der Waals surface area (Å²) in [5.41, 5.74) is 2.68. The number of carbonyl (C=O) groups excluding carboxylic acids is 2. The molecule has 3 aromatic rings. The average molecular weight is 562 g/mol. The number of nitrogens with zero attached hydrogens (tertiary/aromatic N) is 2. The van der Waals surface area contributed by atoms with Gasteiger partial charge in [-0.3, -0.25) is 14.5 Å². The Hall–Kier alpha value is -3.40. The van der Waals surface area contributed by atoms with Gasteiger partial charge in [-0.2, -0.15) is 8.78 Å². The Kier molecular flexibility index (Phi) is 8.48. The number of aliphatic imine (C=N–C) groups is 1. The van der Waals surface area contributed by atoms with Crippen LogP contribution in [0.3, 0.4) is 0 Å². The summed E-state index contributed by atoms with van der Waals surface area (Å²) in [6.45, 7) is -1.03. The lowest BCUT2D eigenvalue weighted by atomic mass is 10.2. The first-order chi connectivity index (χ1) is 17.7. The van der Waals surface area contributed by atoms with Gasteiger partial charge in [-0.1, -0.05) is 58.7 Å². The maximum atomic E-state index is 13.3. The molecule has 1 aliphatic rings. The molecule has 0 bridgehead atoms. The van der Waals surface area contributed by atoms with Crippen LogP contribution in [0, 0.1) is 6.92 Å². The van der Waals surface area contributed by atoms with Gasteiger partial charge in [0.1, 0.15) is 11.4 Å². The summed E-state index contributed by atoms with van der Waals surface area (Å²) in [6, 6.07) is 17.7. The highest BCUT2D eigenvalue weighted by Crippen LogP contribution is 2.32. The van der Waals surface area contributed by atoms with Crippen molar-refractivity contribution < 1.29 is 23.1 Å². The van der Waals surface area contributed by atoms with Crippen molar-refractivity contribution in [2.24, 2.45) is 4.99 Å². The molecule has 6 nitrogen and oxygen atoms in total. The first-order valence-electron chi connectivity index (χ1n) is 10.8. The van der Waals surface area contributed by atoms with Crippen molar-refractivity contribution in [3.63, 3.8) is 0 Å². The third-order valence-electron chi connectivity index (χ3n) is 5.07. The normalized spacial score (nSPS) is 14.3. The molecule has 0 radical (unpaired) electrons. The molecular formula is C26H19Cl2F2N3O3S. The Labute approximate surface area is 225 Å². The fourth-order valence-corrected chi connectivity index (χ4v) is 4.60. The summed E-state index contributed by atoms with van der Waals surface area (Å²) in [6.07, 6.45) is 1.52. The topological polar surface area (TPSA) is 71.0 Å². The van der Waals surface area contributed by atoms with Crippen LogP contribution in [0.5, 0.6) is 5.75 Å². The SMILES string of the molecule is Cc1ccc(NC(=O)CSC2=NC(=Cc3ccc(Cl)cc3Cl)C(=O)N2c2ccc(OC(F)F)cc2)cc1. The third-order valence-corrected chi connectivity index (χ3v) is 6.57. The Balaban J connectivity index is 1.59. The lowest BCUT2D eigenvalue weighted by Gasteiger charge is -2.18. The maximum Gasteiger partial charge on any atom is 0.387 e. The van der Waals surface area contributed by atoms with E-state index in [2.05, 4.69) is 15.0 Å². The molecule has 0 aliphatic carbocycles. The molecule has 1 aliphatic heterocycles. The van der Waals surface area contributed by atoms with E-state index in [4.69, 9.17) is 23.2 Å². The smallest absolute Gasteiger partial charge is 0.387 e.